The molecule has 32 heavy (non-hydrogen) atoms. The fourth-order valence-corrected chi connectivity index (χ4v) is 6.26. The molecule has 4 rings (SSSR count). The van der Waals surface area contributed by atoms with Gasteiger partial charge in [0.2, 0.25) is 15.9 Å². The Bertz CT molecular complexity index is 1050. The van der Waals surface area contributed by atoms with Crippen LogP contribution in [0, 0.1) is 5.92 Å². The number of methoxy groups -OCH3 is 2. The smallest absolute Gasteiger partial charge is 0.243 e. The van der Waals surface area contributed by atoms with E-state index in [0.29, 0.717) is 43.1 Å². The van der Waals surface area contributed by atoms with E-state index in [1.165, 1.54) is 4.31 Å². The topological polar surface area (TPSA) is 76.2 Å². The lowest BCUT2D eigenvalue weighted by Crippen LogP contribution is -2.44. The highest BCUT2D eigenvalue weighted by Crippen LogP contribution is 2.40. The van der Waals surface area contributed by atoms with E-state index in [1.54, 1.807) is 44.6 Å². The van der Waals surface area contributed by atoms with Crippen molar-refractivity contribution in [2.45, 2.75) is 36.6 Å². The minimum atomic E-state index is -3.52. The van der Waals surface area contributed by atoms with Crippen LogP contribution in [0.25, 0.3) is 0 Å². The van der Waals surface area contributed by atoms with Crippen molar-refractivity contribution in [2.75, 3.05) is 33.9 Å². The number of sulfonamides is 1. The van der Waals surface area contributed by atoms with Crippen molar-refractivity contribution in [2.24, 2.45) is 5.92 Å². The van der Waals surface area contributed by atoms with E-state index in [0.717, 1.165) is 24.2 Å². The fraction of sp³-hybridized carbons (Fsp3) is 0.458. The maximum atomic E-state index is 13.4. The third-order valence-electron chi connectivity index (χ3n) is 6.52. The summed E-state index contributed by atoms with van der Waals surface area (Å²) in [7, 11) is -0.277. The first-order valence-corrected chi connectivity index (χ1v) is 12.5. The second-order valence-corrected chi connectivity index (χ2v) is 10.2. The van der Waals surface area contributed by atoms with Gasteiger partial charge in [0, 0.05) is 37.2 Å². The van der Waals surface area contributed by atoms with Gasteiger partial charge in [-0.05, 0) is 49.9 Å². The highest BCUT2D eigenvalue weighted by molar-refractivity contribution is 7.89. The van der Waals surface area contributed by atoms with Crippen molar-refractivity contribution in [3.05, 3.63) is 54.1 Å². The van der Waals surface area contributed by atoms with E-state index >= 15 is 0 Å². The number of rotatable bonds is 6. The van der Waals surface area contributed by atoms with E-state index in [-0.39, 0.29) is 17.9 Å². The summed E-state index contributed by atoms with van der Waals surface area (Å²) in [6.07, 6.45) is 2.89. The molecule has 2 heterocycles. The molecule has 0 aromatic heterocycles. The molecule has 0 bridgehead atoms. The molecule has 2 fully saturated rings. The van der Waals surface area contributed by atoms with Crippen molar-refractivity contribution >= 4 is 15.9 Å². The summed E-state index contributed by atoms with van der Waals surface area (Å²) in [6.45, 7) is 1.43. The highest BCUT2D eigenvalue weighted by Gasteiger charge is 2.38. The SMILES string of the molecule is COc1ccc(C2CCCN2C(=O)C2CCN(S(=O)(=O)c3ccccc3)CC2)c(OC)c1. The predicted molar refractivity (Wildman–Crippen MR) is 121 cm³/mol. The summed E-state index contributed by atoms with van der Waals surface area (Å²) in [5, 5.41) is 0. The lowest BCUT2D eigenvalue weighted by atomic mass is 9.95. The van der Waals surface area contributed by atoms with Crippen LogP contribution in [0.3, 0.4) is 0 Å². The molecule has 1 atom stereocenters. The van der Waals surface area contributed by atoms with Crippen molar-refractivity contribution in [3.63, 3.8) is 0 Å². The average molecular weight is 459 g/mol. The largest absolute Gasteiger partial charge is 0.497 e. The molecule has 0 spiro atoms. The van der Waals surface area contributed by atoms with Crippen LogP contribution in [0.5, 0.6) is 11.5 Å². The normalized spacial score (nSPS) is 20.3. The first-order chi connectivity index (χ1) is 15.5. The van der Waals surface area contributed by atoms with Gasteiger partial charge in [-0.2, -0.15) is 4.31 Å². The quantitative estimate of drug-likeness (QED) is 0.663. The van der Waals surface area contributed by atoms with E-state index in [1.807, 2.05) is 23.1 Å². The van der Waals surface area contributed by atoms with Crippen molar-refractivity contribution in [1.82, 2.24) is 9.21 Å². The summed E-state index contributed by atoms with van der Waals surface area (Å²) < 4.78 is 38.1. The van der Waals surface area contributed by atoms with Crippen LogP contribution in [0.4, 0.5) is 0 Å². The number of carbonyl (C=O) groups excluding carboxylic acids is 1. The second kappa shape index (κ2) is 9.50. The third-order valence-corrected chi connectivity index (χ3v) is 8.43. The van der Waals surface area contributed by atoms with Gasteiger partial charge in [0.1, 0.15) is 11.5 Å². The molecule has 0 N–H and O–H groups in total. The first kappa shape index (κ1) is 22.6. The van der Waals surface area contributed by atoms with Gasteiger partial charge in [0.15, 0.2) is 0 Å². The van der Waals surface area contributed by atoms with Crippen molar-refractivity contribution < 1.29 is 22.7 Å². The molecule has 8 heteroatoms. The molecule has 0 radical (unpaired) electrons. The number of amides is 1. The molecule has 172 valence electrons. The predicted octanol–water partition coefficient (Wildman–Crippen LogP) is 3.47. The number of piperidine rings is 1. The monoisotopic (exact) mass is 458 g/mol. The zero-order valence-electron chi connectivity index (χ0n) is 18.6. The third kappa shape index (κ3) is 4.34. The Kier molecular flexibility index (Phi) is 6.71. The molecular formula is C24H30N2O5S. The number of carbonyl (C=O) groups is 1. The lowest BCUT2D eigenvalue weighted by Gasteiger charge is -2.34. The van der Waals surface area contributed by atoms with Gasteiger partial charge in [-0.15, -0.1) is 0 Å². The van der Waals surface area contributed by atoms with E-state index in [2.05, 4.69) is 0 Å². The summed E-state index contributed by atoms with van der Waals surface area (Å²) in [6, 6.07) is 14.2. The summed E-state index contributed by atoms with van der Waals surface area (Å²) in [4.78, 5) is 15.7. The van der Waals surface area contributed by atoms with Crippen LogP contribution in [-0.2, 0) is 14.8 Å². The Labute approximate surface area is 190 Å². The maximum Gasteiger partial charge on any atom is 0.243 e. The van der Waals surface area contributed by atoms with Gasteiger partial charge in [-0.3, -0.25) is 4.79 Å². The van der Waals surface area contributed by atoms with Gasteiger partial charge in [0.05, 0.1) is 25.2 Å². The standard InChI is InChI=1S/C24H30N2O5S/c1-30-19-10-11-21(23(17-19)31-2)22-9-6-14-26(22)24(27)18-12-15-25(16-13-18)32(28,29)20-7-4-3-5-8-20/h3-5,7-8,10-11,17-18,22H,6,9,12-16H2,1-2H3. The molecular weight excluding hydrogens is 428 g/mol. The number of hydrogen-bond donors (Lipinski definition) is 0. The lowest BCUT2D eigenvalue weighted by molar-refractivity contribution is -0.137. The van der Waals surface area contributed by atoms with Gasteiger partial charge >= 0.3 is 0 Å². The summed E-state index contributed by atoms with van der Waals surface area (Å²) >= 11 is 0. The second-order valence-electron chi connectivity index (χ2n) is 8.29. The van der Waals surface area contributed by atoms with Crippen LogP contribution in [0.1, 0.15) is 37.3 Å². The molecule has 2 saturated heterocycles. The maximum absolute atomic E-state index is 13.4. The number of hydrogen-bond acceptors (Lipinski definition) is 5. The molecule has 0 saturated carbocycles. The molecule has 1 unspecified atom stereocenters. The Morgan fingerprint density at radius 3 is 2.31 bits per heavy atom. The minimum Gasteiger partial charge on any atom is -0.497 e. The molecule has 2 aromatic carbocycles. The van der Waals surface area contributed by atoms with Crippen LogP contribution < -0.4 is 9.47 Å². The van der Waals surface area contributed by atoms with Crippen molar-refractivity contribution in [3.8, 4) is 11.5 Å². The van der Waals surface area contributed by atoms with Gasteiger partial charge in [0.25, 0.3) is 0 Å². The summed E-state index contributed by atoms with van der Waals surface area (Å²) in [5.41, 5.74) is 0.989. The highest BCUT2D eigenvalue weighted by atomic mass is 32.2. The molecule has 2 aromatic rings. The average Bonchev–Trinajstić information content (AvgIpc) is 3.33. The number of ether oxygens (including phenoxy) is 2. The van der Waals surface area contributed by atoms with Gasteiger partial charge < -0.3 is 14.4 Å². The van der Waals surface area contributed by atoms with Crippen molar-refractivity contribution in [1.29, 1.82) is 0 Å². The Morgan fingerprint density at radius 2 is 1.66 bits per heavy atom. The van der Waals surface area contributed by atoms with Crippen LogP contribution in [0.15, 0.2) is 53.4 Å². The Hall–Kier alpha value is -2.58. The Balaban J connectivity index is 1.45. The molecule has 1 amide bonds. The molecule has 7 nitrogen and oxygen atoms in total. The molecule has 0 aliphatic carbocycles. The number of benzene rings is 2. The van der Waals surface area contributed by atoms with E-state index in [4.69, 9.17) is 9.47 Å². The van der Waals surface area contributed by atoms with Crippen LogP contribution >= 0.6 is 0 Å². The first-order valence-electron chi connectivity index (χ1n) is 11.0. The van der Waals surface area contributed by atoms with Gasteiger partial charge in [-0.1, -0.05) is 18.2 Å². The minimum absolute atomic E-state index is 0.0329. The van der Waals surface area contributed by atoms with E-state index in [9.17, 15) is 13.2 Å². The summed E-state index contributed by atoms with van der Waals surface area (Å²) in [5.74, 6) is 1.38. The molecule has 2 aliphatic heterocycles. The number of nitrogens with zero attached hydrogens (tertiary/aromatic N) is 2. The number of likely N-dealkylation sites (tertiary alicyclic amines) is 1. The fourth-order valence-electron chi connectivity index (χ4n) is 4.77. The van der Waals surface area contributed by atoms with E-state index < -0.39 is 10.0 Å². The zero-order valence-corrected chi connectivity index (χ0v) is 19.4. The Morgan fingerprint density at radius 1 is 0.938 bits per heavy atom. The molecule has 2 aliphatic rings. The zero-order chi connectivity index (χ0) is 22.7. The van der Waals surface area contributed by atoms with Crippen LogP contribution in [-0.4, -0.2) is 57.4 Å². The van der Waals surface area contributed by atoms with Gasteiger partial charge in [-0.25, -0.2) is 8.42 Å². The van der Waals surface area contributed by atoms with Crippen LogP contribution in [0.2, 0.25) is 0 Å².